The van der Waals surface area contributed by atoms with Crippen molar-refractivity contribution in [3.8, 4) is 0 Å². The molecule has 3 rings (SSSR count). The van der Waals surface area contributed by atoms with Crippen molar-refractivity contribution >= 4 is 21.7 Å². The van der Waals surface area contributed by atoms with Gasteiger partial charge in [0.1, 0.15) is 6.10 Å². The minimum absolute atomic E-state index is 0.198. The Hall–Kier alpha value is -2.00. The number of hydrogen-bond donors (Lipinski definition) is 0. The van der Waals surface area contributed by atoms with Crippen molar-refractivity contribution in [3.05, 3.63) is 34.4 Å². The molecule has 0 spiro atoms. The van der Waals surface area contributed by atoms with Crippen LogP contribution in [0.5, 0.6) is 0 Å². The molecule has 2 aliphatic rings. The van der Waals surface area contributed by atoms with E-state index in [4.69, 9.17) is 4.74 Å². The third kappa shape index (κ3) is 2.70. The SMILES string of the molecule is CC[C@@H]1C[C@@H]([C@@H]2CN2S(=O)(=O)c2ccccc2[N+](=O)[O-])OC1=O. The topological polar surface area (TPSA) is 107 Å². The van der Waals surface area contributed by atoms with Crippen LogP contribution in [0.3, 0.4) is 0 Å². The summed E-state index contributed by atoms with van der Waals surface area (Å²) in [6.07, 6.45) is 0.673. The maximum atomic E-state index is 12.6. The molecule has 1 unspecified atom stereocenters. The molecular weight excluding hydrogens is 324 g/mol. The molecule has 2 aliphatic heterocycles. The fourth-order valence-corrected chi connectivity index (χ4v) is 4.66. The van der Waals surface area contributed by atoms with Crippen LogP contribution in [0.25, 0.3) is 0 Å². The quantitative estimate of drug-likeness (QED) is 0.346. The summed E-state index contributed by atoms with van der Waals surface area (Å²) in [4.78, 5) is 21.6. The van der Waals surface area contributed by atoms with Crippen LogP contribution in [0.2, 0.25) is 0 Å². The fraction of sp³-hybridized carbons (Fsp3) is 0.500. The van der Waals surface area contributed by atoms with Gasteiger partial charge >= 0.3 is 5.97 Å². The molecule has 2 heterocycles. The first kappa shape index (κ1) is 15.9. The molecule has 0 saturated carbocycles. The monoisotopic (exact) mass is 340 g/mol. The van der Waals surface area contributed by atoms with Gasteiger partial charge in [-0.1, -0.05) is 19.1 Å². The number of rotatable bonds is 5. The smallest absolute Gasteiger partial charge is 0.309 e. The number of sulfonamides is 1. The summed E-state index contributed by atoms with van der Waals surface area (Å²) < 4.78 is 31.6. The van der Waals surface area contributed by atoms with Gasteiger partial charge in [-0.15, -0.1) is 0 Å². The lowest BCUT2D eigenvalue weighted by atomic mass is 10.0. The van der Waals surface area contributed by atoms with Gasteiger partial charge in [0.2, 0.25) is 10.0 Å². The predicted octanol–water partition coefficient (Wildman–Crippen LogP) is 1.31. The van der Waals surface area contributed by atoms with E-state index >= 15 is 0 Å². The molecule has 1 aromatic rings. The van der Waals surface area contributed by atoms with E-state index in [1.54, 1.807) is 0 Å². The first-order valence-electron chi connectivity index (χ1n) is 7.32. The third-order valence-electron chi connectivity index (χ3n) is 4.29. The molecule has 1 aromatic carbocycles. The average Bonchev–Trinajstić information content (AvgIpc) is 3.25. The van der Waals surface area contributed by atoms with Crippen LogP contribution < -0.4 is 0 Å². The zero-order chi connectivity index (χ0) is 16.8. The van der Waals surface area contributed by atoms with Crippen LogP contribution in [0.1, 0.15) is 19.8 Å². The Balaban J connectivity index is 1.82. The lowest BCUT2D eigenvalue weighted by Gasteiger charge is -2.10. The summed E-state index contributed by atoms with van der Waals surface area (Å²) in [5.41, 5.74) is -0.451. The van der Waals surface area contributed by atoms with E-state index in [9.17, 15) is 23.3 Å². The maximum absolute atomic E-state index is 12.6. The molecule has 9 heteroatoms. The van der Waals surface area contributed by atoms with Crippen molar-refractivity contribution in [2.75, 3.05) is 6.54 Å². The third-order valence-corrected chi connectivity index (χ3v) is 6.23. The highest BCUT2D eigenvalue weighted by Gasteiger charge is 2.54. The normalized spacial score (nSPS) is 30.0. The summed E-state index contributed by atoms with van der Waals surface area (Å²) in [5, 5.41) is 11.0. The second-order valence-electron chi connectivity index (χ2n) is 5.68. The van der Waals surface area contributed by atoms with E-state index in [0.717, 1.165) is 10.4 Å². The minimum Gasteiger partial charge on any atom is -0.460 e. The van der Waals surface area contributed by atoms with Crippen LogP contribution >= 0.6 is 0 Å². The van der Waals surface area contributed by atoms with Gasteiger partial charge in [0.05, 0.1) is 16.9 Å². The lowest BCUT2D eigenvalue weighted by molar-refractivity contribution is -0.387. The van der Waals surface area contributed by atoms with Crippen molar-refractivity contribution < 1.29 is 22.9 Å². The van der Waals surface area contributed by atoms with E-state index in [-0.39, 0.29) is 23.3 Å². The number of esters is 1. The zero-order valence-corrected chi connectivity index (χ0v) is 13.2. The van der Waals surface area contributed by atoms with Crippen molar-refractivity contribution in [3.63, 3.8) is 0 Å². The number of nitro benzene ring substituents is 1. The molecule has 23 heavy (non-hydrogen) atoms. The predicted molar refractivity (Wildman–Crippen MR) is 79.1 cm³/mol. The molecule has 2 saturated heterocycles. The molecule has 0 bridgehead atoms. The Morgan fingerprint density at radius 1 is 1.39 bits per heavy atom. The number of benzene rings is 1. The molecule has 124 valence electrons. The Morgan fingerprint density at radius 2 is 2.09 bits per heavy atom. The Labute approximate surface area is 133 Å². The molecule has 8 nitrogen and oxygen atoms in total. The molecule has 0 aromatic heterocycles. The Bertz CT molecular complexity index is 762. The van der Waals surface area contributed by atoms with Gasteiger partial charge in [-0.3, -0.25) is 14.9 Å². The van der Waals surface area contributed by atoms with Crippen molar-refractivity contribution in [2.45, 2.75) is 36.8 Å². The van der Waals surface area contributed by atoms with Gasteiger partial charge in [0.25, 0.3) is 5.69 Å². The van der Waals surface area contributed by atoms with E-state index < -0.39 is 32.8 Å². The summed E-state index contributed by atoms with van der Waals surface area (Å²) in [7, 11) is -3.97. The van der Waals surface area contributed by atoms with Crippen LogP contribution in [-0.2, 0) is 19.6 Å². The van der Waals surface area contributed by atoms with Crippen LogP contribution in [-0.4, -0.2) is 42.3 Å². The molecule has 2 fully saturated rings. The van der Waals surface area contributed by atoms with Crippen molar-refractivity contribution in [1.29, 1.82) is 0 Å². The largest absolute Gasteiger partial charge is 0.460 e. The summed E-state index contributed by atoms with van der Waals surface area (Å²) in [6, 6.07) is 4.81. The highest BCUT2D eigenvalue weighted by atomic mass is 32.2. The second kappa shape index (κ2) is 5.57. The minimum atomic E-state index is -3.97. The van der Waals surface area contributed by atoms with E-state index in [2.05, 4.69) is 0 Å². The van der Waals surface area contributed by atoms with E-state index in [1.807, 2.05) is 6.92 Å². The average molecular weight is 340 g/mol. The van der Waals surface area contributed by atoms with Crippen molar-refractivity contribution in [2.24, 2.45) is 5.92 Å². The summed E-state index contributed by atoms with van der Waals surface area (Å²) >= 11 is 0. The number of cyclic esters (lactones) is 1. The second-order valence-corrected chi connectivity index (χ2v) is 7.54. The van der Waals surface area contributed by atoms with Gasteiger partial charge in [-0.2, -0.15) is 4.31 Å². The number of ether oxygens (including phenoxy) is 1. The number of nitrogens with zero attached hydrogens (tertiary/aromatic N) is 2. The van der Waals surface area contributed by atoms with Crippen LogP contribution in [0.4, 0.5) is 5.69 Å². The molecule has 0 radical (unpaired) electrons. The highest BCUT2D eigenvalue weighted by molar-refractivity contribution is 7.89. The van der Waals surface area contributed by atoms with Crippen LogP contribution in [0.15, 0.2) is 29.2 Å². The van der Waals surface area contributed by atoms with Gasteiger partial charge in [0, 0.05) is 12.6 Å². The fourth-order valence-electron chi connectivity index (χ4n) is 2.91. The molecule has 0 amide bonds. The van der Waals surface area contributed by atoms with Gasteiger partial charge in [-0.25, -0.2) is 8.42 Å². The van der Waals surface area contributed by atoms with Gasteiger partial charge < -0.3 is 4.74 Å². The zero-order valence-electron chi connectivity index (χ0n) is 12.4. The first-order valence-corrected chi connectivity index (χ1v) is 8.76. The summed E-state index contributed by atoms with van der Waals surface area (Å²) in [6.45, 7) is 2.09. The number of nitro groups is 1. The van der Waals surface area contributed by atoms with Gasteiger partial charge in [0.15, 0.2) is 4.90 Å². The molecule has 4 atom stereocenters. The maximum Gasteiger partial charge on any atom is 0.309 e. The van der Waals surface area contributed by atoms with Crippen LogP contribution in [0, 0.1) is 16.0 Å². The molecule has 0 N–H and O–H groups in total. The standard InChI is InChI=1S/C14H16N2O6S/c1-2-9-7-12(22-14(9)17)11-8-15(11)23(20,21)13-6-4-3-5-10(13)16(18)19/h3-6,9,11-12H,2,7-8H2,1H3/t9-,11+,12+,15?/m1/s1. The van der Waals surface area contributed by atoms with Gasteiger partial charge in [-0.05, 0) is 18.9 Å². The van der Waals surface area contributed by atoms with Crippen molar-refractivity contribution in [1.82, 2.24) is 4.31 Å². The lowest BCUT2D eigenvalue weighted by Crippen LogP contribution is -2.23. The summed E-state index contributed by atoms with van der Waals surface area (Å²) in [5.74, 6) is -0.497. The number of carbonyl (C=O) groups excluding carboxylic acids is 1. The van der Waals surface area contributed by atoms with E-state index in [0.29, 0.717) is 12.8 Å². The number of hydrogen-bond acceptors (Lipinski definition) is 6. The first-order chi connectivity index (χ1) is 10.9. The van der Waals surface area contributed by atoms with E-state index in [1.165, 1.54) is 18.2 Å². The number of carbonyl (C=O) groups is 1. The highest BCUT2D eigenvalue weighted by Crippen LogP contribution is 2.39. The Kier molecular flexibility index (Phi) is 3.85. The Morgan fingerprint density at radius 3 is 2.70 bits per heavy atom. The molecular formula is C14H16N2O6S. The molecule has 0 aliphatic carbocycles. The number of para-hydroxylation sites is 1.